The zero-order valence-electron chi connectivity index (χ0n) is 11.8. The van der Waals surface area contributed by atoms with Crippen LogP contribution in [0.1, 0.15) is 33.1 Å². The minimum atomic E-state index is -0.419. The van der Waals surface area contributed by atoms with Crippen LogP contribution >= 0.6 is 12.4 Å². The molecule has 0 bridgehead atoms. The van der Waals surface area contributed by atoms with Crippen LogP contribution in [0.4, 0.5) is 0 Å². The summed E-state index contributed by atoms with van der Waals surface area (Å²) in [5, 5.41) is 0. The fraction of sp³-hybridized carbons (Fsp3) is 0.923. The summed E-state index contributed by atoms with van der Waals surface area (Å²) in [6.07, 6.45) is 2.44. The molecule has 2 saturated heterocycles. The molecule has 0 unspecified atom stereocenters. The zero-order valence-corrected chi connectivity index (χ0v) is 12.6. The molecule has 2 atom stereocenters. The van der Waals surface area contributed by atoms with E-state index in [2.05, 4.69) is 6.92 Å². The van der Waals surface area contributed by atoms with E-state index in [1.165, 1.54) is 0 Å². The van der Waals surface area contributed by atoms with Crippen molar-refractivity contribution in [1.29, 1.82) is 0 Å². The van der Waals surface area contributed by atoms with Gasteiger partial charge in [0.25, 0.3) is 0 Å². The van der Waals surface area contributed by atoms with E-state index in [4.69, 9.17) is 15.2 Å². The molecule has 2 aliphatic heterocycles. The first-order valence-electron chi connectivity index (χ1n) is 6.90. The lowest BCUT2D eigenvalue weighted by Crippen LogP contribution is -2.53. The molecule has 1 spiro atoms. The lowest BCUT2D eigenvalue weighted by Gasteiger charge is -2.39. The molecule has 1 amide bonds. The second-order valence-electron chi connectivity index (χ2n) is 5.34. The zero-order chi connectivity index (χ0) is 13.2. The Balaban J connectivity index is 0.00000180. The van der Waals surface area contributed by atoms with Gasteiger partial charge in [-0.3, -0.25) is 4.79 Å². The van der Waals surface area contributed by atoms with E-state index in [0.717, 1.165) is 19.3 Å². The summed E-state index contributed by atoms with van der Waals surface area (Å²) >= 11 is 0. The topological polar surface area (TPSA) is 64.8 Å². The first-order chi connectivity index (χ1) is 8.58. The predicted molar refractivity (Wildman–Crippen MR) is 75.1 cm³/mol. The Morgan fingerprint density at radius 2 is 1.84 bits per heavy atom. The van der Waals surface area contributed by atoms with Gasteiger partial charge in [0.05, 0.1) is 19.3 Å². The molecule has 0 aromatic carbocycles. The molecule has 2 N–H and O–H groups in total. The summed E-state index contributed by atoms with van der Waals surface area (Å²) in [6.45, 7) is 6.78. The molecule has 6 heteroatoms. The summed E-state index contributed by atoms with van der Waals surface area (Å²) < 4.78 is 11.3. The smallest absolute Gasteiger partial charge is 0.239 e. The SMILES string of the molecule is CC[C@H](C)[C@H](N)C(=O)N1CCC2(CC1)OCCO2.Cl. The molecule has 0 radical (unpaired) electrons. The fourth-order valence-corrected chi connectivity index (χ4v) is 2.56. The molecule has 2 rings (SSSR count). The number of carbonyl (C=O) groups excluding carboxylic acids is 1. The molecule has 0 aromatic heterocycles. The minimum absolute atomic E-state index is 0. The summed E-state index contributed by atoms with van der Waals surface area (Å²) in [5.41, 5.74) is 5.99. The molecule has 0 saturated carbocycles. The number of nitrogens with zero attached hydrogens (tertiary/aromatic N) is 1. The highest BCUT2D eigenvalue weighted by molar-refractivity contribution is 5.85. The standard InChI is InChI=1S/C13H24N2O3.ClH/c1-3-10(2)11(14)12(16)15-6-4-13(5-7-15)17-8-9-18-13;/h10-11H,3-9,14H2,1-2H3;1H/t10-,11-;/m0./s1. The Morgan fingerprint density at radius 1 is 1.32 bits per heavy atom. The molecule has 2 heterocycles. The third-order valence-corrected chi connectivity index (χ3v) is 4.19. The van der Waals surface area contributed by atoms with E-state index in [1.807, 2.05) is 11.8 Å². The van der Waals surface area contributed by atoms with Crippen LogP contribution in [0.3, 0.4) is 0 Å². The van der Waals surface area contributed by atoms with Crippen molar-refractivity contribution in [2.24, 2.45) is 11.7 Å². The third kappa shape index (κ3) is 3.60. The van der Waals surface area contributed by atoms with E-state index in [1.54, 1.807) is 0 Å². The Bertz CT molecular complexity index is 298. The van der Waals surface area contributed by atoms with Crippen LogP contribution in [0, 0.1) is 5.92 Å². The normalized spacial score (nSPS) is 24.9. The average Bonchev–Trinajstić information content (AvgIpc) is 2.85. The van der Waals surface area contributed by atoms with Crippen molar-refractivity contribution in [3.05, 3.63) is 0 Å². The van der Waals surface area contributed by atoms with Crippen LogP contribution in [0.15, 0.2) is 0 Å². The Labute approximate surface area is 121 Å². The maximum Gasteiger partial charge on any atom is 0.239 e. The van der Waals surface area contributed by atoms with Crippen LogP contribution in [-0.4, -0.2) is 48.9 Å². The molecule has 19 heavy (non-hydrogen) atoms. The van der Waals surface area contributed by atoms with Crippen LogP contribution in [0.2, 0.25) is 0 Å². The second kappa shape index (κ2) is 6.88. The number of hydrogen-bond donors (Lipinski definition) is 1. The van der Waals surface area contributed by atoms with Gasteiger partial charge in [-0.1, -0.05) is 20.3 Å². The van der Waals surface area contributed by atoms with Crippen LogP contribution in [-0.2, 0) is 14.3 Å². The molecular formula is C13H25ClN2O3. The molecule has 2 fully saturated rings. The summed E-state index contributed by atoms with van der Waals surface area (Å²) in [6, 6.07) is -0.380. The molecule has 5 nitrogen and oxygen atoms in total. The van der Waals surface area contributed by atoms with Crippen LogP contribution in [0.25, 0.3) is 0 Å². The largest absolute Gasteiger partial charge is 0.347 e. The molecule has 112 valence electrons. The minimum Gasteiger partial charge on any atom is -0.347 e. The quantitative estimate of drug-likeness (QED) is 0.847. The number of carbonyl (C=O) groups is 1. The van der Waals surface area contributed by atoms with Gasteiger partial charge in [0.2, 0.25) is 5.91 Å². The Kier molecular flexibility index (Phi) is 6.05. The van der Waals surface area contributed by atoms with Crippen molar-refractivity contribution >= 4 is 18.3 Å². The first-order valence-corrected chi connectivity index (χ1v) is 6.90. The van der Waals surface area contributed by atoms with Crippen molar-refractivity contribution in [2.45, 2.75) is 44.9 Å². The first kappa shape index (κ1) is 16.7. The van der Waals surface area contributed by atoms with Gasteiger partial charge >= 0.3 is 0 Å². The van der Waals surface area contributed by atoms with E-state index in [-0.39, 0.29) is 30.3 Å². The highest BCUT2D eigenvalue weighted by Crippen LogP contribution is 2.31. The number of rotatable bonds is 3. The highest BCUT2D eigenvalue weighted by Gasteiger charge is 2.41. The molecule has 0 aromatic rings. The van der Waals surface area contributed by atoms with Crippen molar-refractivity contribution < 1.29 is 14.3 Å². The Hall–Kier alpha value is -0.360. The molecule has 2 aliphatic rings. The van der Waals surface area contributed by atoms with Gasteiger partial charge in [-0.05, 0) is 5.92 Å². The van der Waals surface area contributed by atoms with Gasteiger partial charge in [-0.25, -0.2) is 0 Å². The van der Waals surface area contributed by atoms with E-state index in [0.29, 0.717) is 26.3 Å². The number of likely N-dealkylation sites (tertiary alicyclic amines) is 1. The number of ether oxygens (including phenoxy) is 2. The van der Waals surface area contributed by atoms with Gasteiger partial charge in [0.1, 0.15) is 0 Å². The van der Waals surface area contributed by atoms with Crippen LogP contribution < -0.4 is 5.73 Å². The van der Waals surface area contributed by atoms with Gasteiger partial charge < -0.3 is 20.1 Å². The van der Waals surface area contributed by atoms with Crippen molar-refractivity contribution in [3.63, 3.8) is 0 Å². The number of hydrogen-bond acceptors (Lipinski definition) is 4. The van der Waals surface area contributed by atoms with Gasteiger partial charge in [0, 0.05) is 25.9 Å². The van der Waals surface area contributed by atoms with E-state index < -0.39 is 5.79 Å². The number of amides is 1. The number of piperidine rings is 1. The molecule has 0 aliphatic carbocycles. The van der Waals surface area contributed by atoms with Gasteiger partial charge in [-0.15, -0.1) is 12.4 Å². The lowest BCUT2D eigenvalue weighted by atomic mass is 9.97. The van der Waals surface area contributed by atoms with Gasteiger partial charge in [-0.2, -0.15) is 0 Å². The van der Waals surface area contributed by atoms with Crippen LogP contribution in [0.5, 0.6) is 0 Å². The maximum absolute atomic E-state index is 12.2. The molecular weight excluding hydrogens is 268 g/mol. The summed E-state index contributed by atoms with van der Waals surface area (Å²) in [7, 11) is 0. The summed E-state index contributed by atoms with van der Waals surface area (Å²) in [4.78, 5) is 14.1. The van der Waals surface area contributed by atoms with Crippen molar-refractivity contribution in [3.8, 4) is 0 Å². The maximum atomic E-state index is 12.2. The second-order valence-corrected chi connectivity index (χ2v) is 5.34. The Morgan fingerprint density at radius 3 is 2.32 bits per heavy atom. The number of nitrogens with two attached hydrogens (primary N) is 1. The highest BCUT2D eigenvalue weighted by atomic mass is 35.5. The summed E-state index contributed by atoms with van der Waals surface area (Å²) in [5.74, 6) is -0.124. The average molecular weight is 293 g/mol. The number of halogens is 1. The van der Waals surface area contributed by atoms with Crippen molar-refractivity contribution in [2.75, 3.05) is 26.3 Å². The fourth-order valence-electron chi connectivity index (χ4n) is 2.56. The predicted octanol–water partition coefficient (Wildman–Crippen LogP) is 1.15. The van der Waals surface area contributed by atoms with E-state index >= 15 is 0 Å². The van der Waals surface area contributed by atoms with Crippen molar-refractivity contribution in [1.82, 2.24) is 4.90 Å². The van der Waals surface area contributed by atoms with E-state index in [9.17, 15) is 4.79 Å². The lowest BCUT2D eigenvalue weighted by molar-refractivity contribution is -0.188. The third-order valence-electron chi connectivity index (χ3n) is 4.19. The monoisotopic (exact) mass is 292 g/mol. The van der Waals surface area contributed by atoms with Gasteiger partial charge in [0.15, 0.2) is 5.79 Å².